The summed E-state index contributed by atoms with van der Waals surface area (Å²) >= 11 is 0. The van der Waals surface area contributed by atoms with Crippen molar-refractivity contribution in [1.82, 2.24) is 5.32 Å². The highest BCUT2D eigenvalue weighted by Gasteiger charge is 2.09. The van der Waals surface area contributed by atoms with Crippen molar-refractivity contribution in [3.8, 4) is 0 Å². The highest BCUT2D eigenvalue weighted by atomic mass is 16.4. The average Bonchev–Trinajstić information content (AvgIpc) is 2.84. The molecule has 15 heavy (non-hydrogen) atoms. The van der Waals surface area contributed by atoms with Gasteiger partial charge in [0.05, 0.1) is 12.8 Å². The topological polar surface area (TPSA) is 55.4 Å². The van der Waals surface area contributed by atoms with Crippen molar-refractivity contribution in [3.63, 3.8) is 0 Å². The van der Waals surface area contributed by atoms with Crippen LogP contribution in [0.25, 0.3) is 0 Å². The van der Waals surface area contributed by atoms with Crippen LogP contribution in [0.5, 0.6) is 0 Å². The number of amides is 1. The Morgan fingerprint density at radius 2 is 2.27 bits per heavy atom. The minimum atomic E-state index is -0.237. The van der Waals surface area contributed by atoms with E-state index >= 15 is 0 Å². The third-order valence-electron chi connectivity index (χ3n) is 1.97. The van der Waals surface area contributed by atoms with Gasteiger partial charge in [0.1, 0.15) is 11.5 Å². The lowest BCUT2D eigenvalue weighted by atomic mass is 10.4. The molecule has 0 atom stereocenters. The van der Waals surface area contributed by atoms with Crippen LogP contribution in [-0.2, 0) is 6.54 Å². The maximum Gasteiger partial charge on any atom is 0.287 e. The van der Waals surface area contributed by atoms with Gasteiger partial charge in [0, 0.05) is 0 Å². The summed E-state index contributed by atoms with van der Waals surface area (Å²) in [5.74, 6) is 1.52. The number of hydrogen-bond donors (Lipinski definition) is 1. The smallest absolute Gasteiger partial charge is 0.287 e. The standard InChI is InChI=1S/C11H11NO3/c1-8-4-5-10(15-8)11(13)12-7-9-3-2-6-14-9/h2-6H,7H2,1H3,(H,12,13). The Morgan fingerprint density at radius 1 is 1.40 bits per heavy atom. The highest BCUT2D eigenvalue weighted by Crippen LogP contribution is 2.06. The van der Waals surface area contributed by atoms with Crippen LogP contribution in [0.4, 0.5) is 0 Å². The Morgan fingerprint density at radius 3 is 2.87 bits per heavy atom. The lowest BCUT2D eigenvalue weighted by Crippen LogP contribution is -2.21. The first-order valence-electron chi connectivity index (χ1n) is 4.63. The van der Waals surface area contributed by atoms with E-state index < -0.39 is 0 Å². The van der Waals surface area contributed by atoms with E-state index in [0.717, 1.165) is 5.76 Å². The van der Waals surface area contributed by atoms with E-state index in [1.807, 2.05) is 0 Å². The van der Waals surface area contributed by atoms with Crippen LogP contribution in [0.15, 0.2) is 39.4 Å². The zero-order valence-electron chi connectivity index (χ0n) is 8.32. The van der Waals surface area contributed by atoms with Crippen LogP contribution in [-0.4, -0.2) is 5.91 Å². The van der Waals surface area contributed by atoms with E-state index in [0.29, 0.717) is 18.1 Å². The lowest BCUT2D eigenvalue weighted by Gasteiger charge is -1.99. The highest BCUT2D eigenvalue weighted by molar-refractivity contribution is 5.91. The molecule has 0 spiro atoms. The van der Waals surface area contributed by atoms with Gasteiger partial charge in [0.2, 0.25) is 0 Å². The normalized spacial score (nSPS) is 10.2. The molecule has 0 unspecified atom stereocenters. The second kappa shape index (κ2) is 4.04. The summed E-state index contributed by atoms with van der Waals surface area (Å²) in [7, 11) is 0. The Labute approximate surface area is 86.9 Å². The summed E-state index contributed by atoms with van der Waals surface area (Å²) in [6, 6.07) is 6.97. The van der Waals surface area contributed by atoms with Crippen molar-refractivity contribution in [2.75, 3.05) is 0 Å². The number of hydrogen-bond acceptors (Lipinski definition) is 3. The Balaban J connectivity index is 1.93. The van der Waals surface area contributed by atoms with Crippen LogP contribution in [0.2, 0.25) is 0 Å². The van der Waals surface area contributed by atoms with Gasteiger partial charge in [0.15, 0.2) is 5.76 Å². The molecule has 0 bridgehead atoms. The van der Waals surface area contributed by atoms with Crippen molar-refractivity contribution in [2.45, 2.75) is 13.5 Å². The summed E-state index contributed by atoms with van der Waals surface area (Å²) in [6.07, 6.45) is 1.57. The molecule has 2 rings (SSSR count). The molecule has 0 aliphatic rings. The van der Waals surface area contributed by atoms with Crippen LogP contribution >= 0.6 is 0 Å². The molecule has 78 valence electrons. The molecule has 0 aromatic carbocycles. The maximum atomic E-state index is 11.5. The summed E-state index contributed by atoms with van der Waals surface area (Å²) < 4.78 is 10.3. The van der Waals surface area contributed by atoms with Gasteiger partial charge in [-0.25, -0.2) is 0 Å². The van der Waals surface area contributed by atoms with E-state index in [1.54, 1.807) is 37.5 Å². The summed E-state index contributed by atoms with van der Waals surface area (Å²) in [6.45, 7) is 2.16. The molecule has 0 saturated heterocycles. The summed E-state index contributed by atoms with van der Waals surface area (Å²) in [4.78, 5) is 11.5. The molecule has 2 heterocycles. The number of furan rings is 2. The first-order chi connectivity index (χ1) is 7.25. The summed E-state index contributed by atoms with van der Waals surface area (Å²) in [5.41, 5.74) is 0. The van der Waals surface area contributed by atoms with Crippen molar-refractivity contribution >= 4 is 5.91 Å². The van der Waals surface area contributed by atoms with Gasteiger partial charge < -0.3 is 14.2 Å². The Kier molecular flexibility index (Phi) is 2.58. The van der Waals surface area contributed by atoms with Gasteiger partial charge in [0.25, 0.3) is 5.91 Å². The van der Waals surface area contributed by atoms with E-state index in [2.05, 4.69) is 5.32 Å². The Hall–Kier alpha value is -1.97. The van der Waals surface area contributed by atoms with Gasteiger partial charge in [-0.2, -0.15) is 0 Å². The molecule has 0 radical (unpaired) electrons. The predicted octanol–water partition coefficient (Wildman–Crippen LogP) is 2.11. The first kappa shape index (κ1) is 9.58. The maximum absolute atomic E-state index is 11.5. The fraction of sp³-hybridized carbons (Fsp3) is 0.182. The predicted molar refractivity (Wildman–Crippen MR) is 53.3 cm³/mol. The van der Waals surface area contributed by atoms with Gasteiger partial charge in [-0.3, -0.25) is 4.79 Å². The quantitative estimate of drug-likeness (QED) is 0.834. The van der Waals surface area contributed by atoms with Crippen LogP contribution in [0.3, 0.4) is 0 Å². The minimum Gasteiger partial charge on any atom is -0.467 e. The van der Waals surface area contributed by atoms with Gasteiger partial charge in [-0.15, -0.1) is 0 Å². The van der Waals surface area contributed by atoms with Crippen LogP contribution in [0.1, 0.15) is 22.1 Å². The van der Waals surface area contributed by atoms with Crippen LogP contribution in [0, 0.1) is 6.92 Å². The lowest BCUT2D eigenvalue weighted by molar-refractivity contribution is 0.0919. The van der Waals surface area contributed by atoms with Gasteiger partial charge in [-0.05, 0) is 31.2 Å². The molecule has 0 fully saturated rings. The van der Waals surface area contributed by atoms with E-state index in [1.165, 1.54) is 0 Å². The molecule has 1 N–H and O–H groups in total. The molecule has 2 aromatic heterocycles. The van der Waals surface area contributed by atoms with Gasteiger partial charge in [-0.1, -0.05) is 0 Å². The fourth-order valence-electron chi connectivity index (χ4n) is 1.22. The first-order valence-corrected chi connectivity index (χ1v) is 4.63. The second-order valence-corrected chi connectivity index (χ2v) is 3.17. The van der Waals surface area contributed by atoms with E-state index in [9.17, 15) is 4.79 Å². The number of nitrogens with one attached hydrogen (secondary N) is 1. The molecular weight excluding hydrogens is 194 g/mol. The number of carbonyl (C=O) groups excluding carboxylic acids is 1. The zero-order valence-corrected chi connectivity index (χ0v) is 8.32. The van der Waals surface area contributed by atoms with Gasteiger partial charge >= 0.3 is 0 Å². The molecule has 1 amide bonds. The van der Waals surface area contributed by atoms with Crippen molar-refractivity contribution in [3.05, 3.63) is 47.8 Å². The van der Waals surface area contributed by atoms with E-state index in [4.69, 9.17) is 8.83 Å². The zero-order chi connectivity index (χ0) is 10.7. The molecular formula is C11H11NO3. The van der Waals surface area contributed by atoms with Crippen molar-refractivity contribution in [2.24, 2.45) is 0 Å². The van der Waals surface area contributed by atoms with Crippen molar-refractivity contribution < 1.29 is 13.6 Å². The SMILES string of the molecule is Cc1ccc(C(=O)NCc2ccco2)o1. The second-order valence-electron chi connectivity index (χ2n) is 3.17. The van der Waals surface area contributed by atoms with Crippen molar-refractivity contribution in [1.29, 1.82) is 0 Å². The molecule has 4 heteroatoms. The average molecular weight is 205 g/mol. The van der Waals surface area contributed by atoms with E-state index in [-0.39, 0.29) is 5.91 Å². The molecule has 0 aliphatic carbocycles. The molecule has 2 aromatic rings. The third-order valence-corrected chi connectivity index (χ3v) is 1.97. The van der Waals surface area contributed by atoms with Crippen LogP contribution < -0.4 is 5.32 Å². The monoisotopic (exact) mass is 205 g/mol. The largest absolute Gasteiger partial charge is 0.467 e. The Bertz CT molecular complexity index is 442. The number of aryl methyl sites for hydroxylation is 1. The number of rotatable bonds is 3. The summed E-state index contributed by atoms with van der Waals surface area (Å²) in [5, 5.41) is 2.69. The number of carbonyl (C=O) groups is 1. The fourth-order valence-corrected chi connectivity index (χ4v) is 1.22. The molecule has 4 nitrogen and oxygen atoms in total. The molecule has 0 saturated carbocycles. The minimum absolute atomic E-state index is 0.237. The molecule has 0 aliphatic heterocycles. The third kappa shape index (κ3) is 2.28.